The normalized spacial score (nSPS) is 17.0. The molecule has 3 heterocycles. The Kier molecular flexibility index (Phi) is 6.82. The third kappa shape index (κ3) is 4.74. The maximum absolute atomic E-state index is 12.7. The quantitative estimate of drug-likeness (QED) is 0.663. The van der Waals surface area contributed by atoms with Crippen molar-refractivity contribution < 1.29 is 14.3 Å². The van der Waals surface area contributed by atoms with Crippen molar-refractivity contribution in [2.24, 2.45) is 0 Å². The van der Waals surface area contributed by atoms with E-state index < -0.39 is 0 Å². The van der Waals surface area contributed by atoms with Crippen molar-refractivity contribution in [1.82, 2.24) is 19.7 Å². The van der Waals surface area contributed by atoms with E-state index in [9.17, 15) is 4.79 Å². The van der Waals surface area contributed by atoms with Crippen molar-refractivity contribution >= 4 is 17.7 Å². The van der Waals surface area contributed by atoms with Gasteiger partial charge in [-0.2, -0.15) is 0 Å². The van der Waals surface area contributed by atoms with Gasteiger partial charge in [-0.05, 0) is 44.9 Å². The maximum Gasteiger partial charge on any atom is 0.233 e. The van der Waals surface area contributed by atoms with E-state index in [4.69, 9.17) is 9.47 Å². The Morgan fingerprint density at radius 2 is 1.77 bits per heavy atom. The van der Waals surface area contributed by atoms with Gasteiger partial charge in [-0.25, -0.2) is 0 Å². The molecule has 0 bridgehead atoms. The molecule has 1 saturated heterocycles. The Balaban J connectivity index is 1.52. The van der Waals surface area contributed by atoms with Gasteiger partial charge in [0.1, 0.15) is 0 Å². The van der Waals surface area contributed by atoms with Gasteiger partial charge in [0.15, 0.2) is 22.5 Å². The number of carbonyl (C=O) groups excluding carboxylic acids is 1. The van der Waals surface area contributed by atoms with Crippen LogP contribution in [-0.2, 0) is 4.79 Å². The molecule has 1 aromatic carbocycles. The smallest absolute Gasteiger partial charge is 0.233 e. The lowest BCUT2D eigenvalue weighted by Gasteiger charge is -2.20. The van der Waals surface area contributed by atoms with Gasteiger partial charge in [0, 0.05) is 31.1 Å². The van der Waals surface area contributed by atoms with Crippen LogP contribution in [-0.4, -0.2) is 57.6 Å². The molecule has 7 nitrogen and oxygen atoms in total. The largest absolute Gasteiger partial charge is 0.490 e. The molecular formula is C22H30N4O3S. The maximum atomic E-state index is 12.7. The monoisotopic (exact) mass is 430 g/mol. The number of amides is 1. The van der Waals surface area contributed by atoms with Crippen LogP contribution < -0.4 is 9.47 Å². The Hall–Kier alpha value is -2.22. The lowest BCUT2D eigenvalue weighted by atomic mass is 10.2. The first kappa shape index (κ1) is 21.0. The standard InChI is InChI=1S/C22H30N4O3S/c1-16(2)26-21(17-8-9-18-19(14-17)29-13-7-12-28-18)23-24-22(26)30-15-20(27)25-10-5-3-4-6-11-25/h8-9,14,16H,3-7,10-13,15H2,1-2H3. The fourth-order valence-corrected chi connectivity index (χ4v) is 4.85. The lowest BCUT2D eigenvalue weighted by Crippen LogP contribution is -2.33. The summed E-state index contributed by atoms with van der Waals surface area (Å²) in [6.45, 7) is 7.28. The zero-order valence-electron chi connectivity index (χ0n) is 17.8. The predicted octanol–water partition coefficient (Wildman–Crippen LogP) is 4.18. The number of rotatable bonds is 5. The summed E-state index contributed by atoms with van der Waals surface area (Å²) < 4.78 is 13.7. The minimum atomic E-state index is 0.168. The zero-order chi connectivity index (χ0) is 20.9. The van der Waals surface area contributed by atoms with E-state index in [-0.39, 0.29) is 11.9 Å². The van der Waals surface area contributed by atoms with Crippen molar-refractivity contribution in [3.05, 3.63) is 18.2 Å². The second kappa shape index (κ2) is 9.73. The second-order valence-corrected chi connectivity index (χ2v) is 9.01. The Labute approximate surface area is 182 Å². The molecule has 1 aromatic heterocycles. The number of likely N-dealkylation sites (tertiary alicyclic amines) is 1. The predicted molar refractivity (Wildman–Crippen MR) is 117 cm³/mol. The molecule has 0 spiro atoms. The number of ether oxygens (including phenoxy) is 2. The number of nitrogens with zero attached hydrogens (tertiary/aromatic N) is 4. The van der Waals surface area contributed by atoms with Gasteiger partial charge >= 0.3 is 0 Å². The van der Waals surface area contributed by atoms with Crippen molar-refractivity contribution in [3.63, 3.8) is 0 Å². The van der Waals surface area contributed by atoms with Gasteiger partial charge < -0.3 is 14.4 Å². The summed E-state index contributed by atoms with van der Waals surface area (Å²) in [5.41, 5.74) is 0.936. The fraction of sp³-hybridized carbons (Fsp3) is 0.591. The van der Waals surface area contributed by atoms with Gasteiger partial charge in [-0.1, -0.05) is 24.6 Å². The van der Waals surface area contributed by atoms with E-state index in [1.165, 1.54) is 24.6 Å². The topological polar surface area (TPSA) is 69.5 Å². The number of hydrogen-bond donors (Lipinski definition) is 0. The van der Waals surface area contributed by atoms with Crippen LogP contribution in [0.25, 0.3) is 11.4 Å². The van der Waals surface area contributed by atoms with Crippen LogP contribution in [0.1, 0.15) is 52.0 Å². The molecule has 8 heteroatoms. The Morgan fingerprint density at radius 1 is 1.03 bits per heavy atom. The highest BCUT2D eigenvalue weighted by Crippen LogP contribution is 2.35. The van der Waals surface area contributed by atoms with Crippen molar-refractivity contribution in [3.8, 4) is 22.9 Å². The summed E-state index contributed by atoms with van der Waals surface area (Å²) >= 11 is 1.47. The fourth-order valence-electron chi connectivity index (χ4n) is 3.88. The minimum Gasteiger partial charge on any atom is -0.490 e. The van der Waals surface area contributed by atoms with Crippen LogP contribution in [0.3, 0.4) is 0 Å². The Bertz CT molecular complexity index is 875. The summed E-state index contributed by atoms with van der Waals surface area (Å²) in [5.74, 6) is 2.88. The van der Waals surface area contributed by atoms with Gasteiger partial charge in [-0.15, -0.1) is 10.2 Å². The third-order valence-corrected chi connectivity index (χ3v) is 6.40. The highest BCUT2D eigenvalue weighted by Gasteiger charge is 2.21. The first-order chi connectivity index (χ1) is 14.6. The lowest BCUT2D eigenvalue weighted by molar-refractivity contribution is -0.128. The van der Waals surface area contributed by atoms with E-state index in [0.29, 0.717) is 19.0 Å². The SMILES string of the molecule is CC(C)n1c(SCC(=O)N2CCCCCC2)nnc1-c1ccc2c(c1)OCCCO2. The van der Waals surface area contributed by atoms with Crippen LogP contribution in [0.4, 0.5) is 0 Å². The molecule has 1 fully saturated rings. The summed E-state index contributed by atoms with van der Waals surface area (Å²) in [6.07, 6.45) is 5.52. The van der Waals surface area contributed by atoms with E-state index in [2.05, 4.69) is 28.6 Å². The second-order valence-electron chi connectivity index (χ2n) is 8.07. The zero-order valence-corrected chi connectivity index (χ0v) is 18.6. The van der Waals surface area contributed by atoms with E-state index in [1.807, 2.05) is 23.1 Å². The number of benzene rings is 1. The molecule has 4 rings (SSSR count). The number of thioether (sulfide) groups is 1. The summed E-state index contributed by atoms with van der Waals surface area (Å²) in [5, 5.41) is 9.64. The van der Waals surface area contributed by atoms with Crippen molar-refractivity contribution in [1.29, 1.82) is 0 Å². The molecule has 2 aromatic rings. The number of carbonyl (C=O) groups is 1. The Morgan fingerprint density at radius 3 is 2.50 bits per heavy atom. The van der Waals surface area contributed by atoms with Crippen LogP contribution >= 0.6 is 11.8 Å². The van der Waals surface area contributed by atoms with E-state index in [0.717, 1.165) is 60.4 Å². The van der Waals surface area contributed by atoms with Gasteiger partial charge in [0.05, 0.1) is 19.0 Å². The van der Waals surface area contributed by atoms with Crippen LogP contribution in [0, 0.1) is 0 Å². The van der Waals surface area contributed by atoms with Crippen LogP contribution in [0.5, 0.6) is 11.5 Å². The molecule has 2 aliphatic rings. The number of hydrogen-bond acceptors (Lipinski definition) is 6. The molecule has 0 aliphatic carbocycles. The highest BCUT2D eigenvalue weighted by atomic mass is 32.2. The molecule has 30 heavy (non-hydrogen) atoms. The van der Waals surface area contributed by atoms with E-state index in [1.54, 1.807) is 0 Å². The van der Waals surface area contributed by atoms with Gasteiger partial charge in [0.2, 0.25) is 5.91 Å². The molecule has 0 N–H and O–H groups in total. The first-order valence-corrected chi connectivity index (χ1v) is 11.9. The molecule has 162 valence electrons. The molecule has 0 unspecified atom stereocenters. The number of fused-ring (bicyclic) bond motifs is 1. The summed E-state index contributed by atoms with van der Waals surface area (Å²) in [7, 11) is 0. The molecule has 0 radical (unpaired) electrons. The van der Waals surface area contributed by atoms with Crippen LogP contribution in [0.15, 0.2) is 23.4 Å². The highest BCUT2D eigenvalue weighted by molar-refractivity contribution is 7.99. The van der Waals surface area contributed by atoms with Gasteiger partial charge in [0.25, 0.3) is 0 Å². The van der Waals surface area contributed by atoms with Crippen molar-refractivity contribution in [2.45, 2.75) is 57.1 Å². The molecular weight excluding hydrogens is 400 g/mol. The molecule has 0 atom stereocenters. The minimum absolute atomic E-state index is 0.168. The van der Waals surface area contributed by atoms with E-state index >= 15 is 0 Å². The first-order valence-electron chi connectivity index (χ1n) is 10.9. The average Bonchev–Trinajstić information content (AvgIpc) is 2.91. The van der Waals surface area contributed by atoms with Gasteiger partial charge in [-0.3, -0.25) is 9.36 Å². The number of aromatic nitrogens is 3. The summed E-state index contributed by atoms with van der Waals surface area (Å²) in [6, 6.07) is 6.07. The summed E-state index contributed by atoms with van der Waals surface area (Å²) in [4.78, 5) is 14.7. The molecule has 1 amide bonds. The third-order valence-electron chi connectivity index (χ3n) is 5.47. The average molecular weight is 431 g/mol. The van der Waals surface area contributed by atoms with Crippen molar-refractivity contribution in [2.75, 3.05) is 32.1 Å². The molecule has 2 aliphatic heterocycles. The van der Waals surface area contributed by atoms with Crippen LogP contribution in [0.2, 0.25) is 0 Å². The molecule has 0 saturated carbocycles.